The molecule has 0 spiro atoms. The zero-order chi connectivity index (χ0) is 12.0. The highest BCUT2D eigenvalue weighted by molar-refractivity contribution is 4.87. The second-order valence-corrected chi connectivity index (χ2v) is 5.31. The zero-order valence-corrected chi connectivity index (χ0v) is 11.6. The molecule has 0 radical (unpaired) electrons. The molecule has 0 aliphatic carbocycles. The van der Waals surface area contributed by atoms with E-state index in [0.717, 1.165) is 18.0 Å². The molecule has 1 saturated heterocycles. The van der Waals surface area contributed by atoms with E-state index in [-0.39, 0.29) is 0 Å². The summed E-state index contributed by atoms with van der Waals surface area (Å²) in [5.74, 6) is 0.821. The Bertz CT molecular complexity index is 182. The molecule has 0 aromatic rings. The lowest BCUT2D eigenvalue weighted by molar-refractivity contribution is 0.0889. The van der Waals surface area contributed by atoms with Crippen LogP contribution in [0.1, 0.15) is 53.4 Å². The van der Waals surface area contributed by atoms with E-state index in [0.29, 0.717) is 0 Å². The molecule has 0 bridgehead atoms. The van der Waals surface area contributed by atoms with Crippen molar-refractivity contribution in [2.24, 2.45) is 5.92 Å². The molecule has 2 heteroatoms. The van der Waals surface area contributed by atoms with Crippen molar-refractivity contribution in [3.05, 3.63) is 0 Å². The van der Waals surface area contributed by atoms with Gasteiger partial charge in [0.25, 0.3) is 0 Å². The van der Waals surface area contributed by atoms with Crippen molar-refractivity contribution in [3.8, 4) is 0 Å². The predicted octanol–water partition coefficient (Wildman–Crippen LogP) is 2.89. The normalized spacial score (nSPS) is 29.2. The van der Waals surface area contributed by atoms with Crippen LogP contribution in [0.4, 0.5) is 0 Å². The minimum Gasteiger partial charge on any atom is -0.311 e. The Morgan fingerprint density at radius 2 is 2.06 bits per heavy atom. The fraction of sp³-hybridized carbons (Fsp3) is 1.00. The van der Waals surface area contributed by atoms with Crippen LogP contribution in [0.15, 0.2) is 0 Å². The predicted molar refractivity (Wildman–Crippen MR) is 71.8 cm³/mol. The van der Waals surface area contributed by atoms with Crippen molar-refractivity contribution < 1.29 is 0 Å². The van der Waals surface area contributed by atoms with E-state index in [1.54, 1.807) is 0 Å². The summed E-state index contributed by atoms with van der Waals surface area (Å²) in [6.07, 6.45) is 5.22. The summed E-state index contributed by atoms with van der Waals surface area (Å²) in [6, 6.07) is 1.48. The molecule has 0 amide bonds. The Labute approximate surface area is 102 Å². The summed E-state index contributed by atoms with van der Waals surface area (Å²) < 4.78 is 0. The molecule has 1 heterocycles. The maximum Gasteiger partial charge on any atom is 0.0246 e. The lowest BCUT2D eigenvalue weighted by atomic mass is 9.94. The van der Waals surface area contributed by atoms with Crippen LogP contribution in [0.25, 0.3) is 0 Å². The first-order chi connectivity index (χ1) is 7.72. The number of piperazine rings is 1. The summed E-state index contributed by atoms with van der Waals surface area (Å²) in [5.41, 5.74) is 0. The fourth-order valence-electron chi connectivity index (χ4n) is 2.62. The third-order valence-electron chi connectivity index (χ3n) is 4.13. The summed E-state index contributed by atoms with van der Waals surface area (Å²) in [7, 11) is 0. The Balaban J connectivity index is 2.52. The molecule has 1 aliphatic rings. The van der Waals surface area contributed by atoms with E-state index in [1.807, 2.05) is 0 Å². The highest BCUT2D eigenvalue weighted by Gasteiger charge is 2.29. The molecule has 2 nitrogen and oxygen atoms in total. The number of rotatable bonds is 6. The highest BCUT2D eigenvalue weighted by atomic mass is 15.2. The lowest BCUT2D eigenvalue weighted by Crippen LogP contribution is -2.58. The standard InChI is InChI=1S/C14H30N2/c1-5-8-9-16-11-13(7-3)15-10-14(16)12(4)6-2/h12-15H,5-11H2,1-4H3. The minimum atomic E-state index is 0.720. The van der Waals surface area contributed by atoms with E-state index >= 15 is 0 Å². The van der Waals surface area contributed by atoms with Crippen molar-refractivity contribution >= 4 is 0 Å². The first kappa shape index (κ1) is 14.0. The van der Waals surface area contributed by atoms with Gasteiger partial charge in [0, 0.05) is 25.2 Å². The maximum absolute atomic E-state index is 3.70. The lowest BCUT2D eigenvalue weighted by Gasteiger charge is -2.43. The van der Waals surface area contributed by atoms with Gasteiger partial charge in [-0.15, -0.1) is 0 Å². The maximum atomic E-state index is 3.70. The van der Waals surface area contributed by atoms with Crippen LogP contribution in [0.5, 0.6) is 0 Å². The van der Waals surface area contributed by atoms with Gasteiger partial charge in [0.2, 0.25) is 0 Å². The first-order valence-corrected chi connectivity index (χ1v) is 7.20. The van der Waals surface area contributed by atoms with Crippen molar-refractivity contribution in [1.29, 1.82) is 0 Å². The molecular weight excluding hydrogens is 196 g/mol. The van der Waals surface area contributed by atoms with E-state index < -0.39 is 0 Å². The summed E-state index contributed by atoms with van der Waals surface area (Å²) >= 11 is 0. The third-order valence-corrected chi connectivity index (χ3v) is 4.13. The van der Waals surface area contributed by atoms with Gasteiger partial charge in [-0.1, -0.05) is 40.5 Å². The summed E-state index contributed by atoms with van der Waals surface area (Å²) in [5, 5.41) is 3.70. The Kier molecular flexibility index (Phi) is 6.37. The monoisotopic (exact) mass is 226 g/mol. The number of hydrogen-bond donors (Lipinski definition) is 1. The molecule has 0 aromatic heterocycles. The van der Waals surface area contributed by atoms with Gasteiger partial charge < -0.3 is 5.32 Å². The smallest absolute Gasteiger partial charge is 0.0246 e. The molecular formula is C14H30N2. The van der Waals surface area contributed by atoms with Gasteiger partial charge >= 0.3 is 0 Å². The van der Waals surface area contributed by atoms with Crippen LogP contribution in [0.2, 0.25) is 0 Å². The van der Waals surface area contributed by atoms with Crippen LogP contribution in [-0.4, -0.2) is 36.6 Å². The second-order valence-electron chi connectivity index (χ2n) is 5.31. The van der Waals surface area contributed by atoms with Crippen LogP contribution in [0, 0.1) is 5.92 Å². The summed E-state index contributed by atoms with van der Waals surface area (Å²) in [6.45, 7) is 13.0. The SMILES string of the molecule is CCCCN1CC(CC)NCC1C(C)CC. The molecule has 96 valence electrons. The van der Waals surface area contributed by atoms with Crippen LogP contribution >= 0.6 is 0 Å². The average Bonchev–Trinajstić information content (AvgIpc) is 2.34. The van der Waals surface area contributed by atoms with Crippen molar-refractivity contribution in [3.63, 3.8) is 0 Å². The van der Waals surface area contributed by atoms with Crippen LogP contribution < -0.4 is 5.32 Å². The van der Waals surface area contributed by atoms with Gasteiger partial charge in [0.15, 0.2) is 0 Å². The van der Waals surface area contributed by atoms with Crippen LogP contribution in [0.3, 0.4) is 0 Å². The number of hydrogen-bond acceptors (Lipinski definition) is 2. The highest BCUT2D eigenvalue weighted by Crippen LogP contribution is 2.19. The van der Waals surface area contributed by atoms with Crippen LogP contribution in [-0.2, 0) is 0 Å². The molecule has 0 aromatic carbocycles. The second kappa shape index (κ2) is 7.29. The molecule has 3 unspecified atom stereocenters. The quantitative estimate of drug-likeness (QED) is 0.749. The molecule has 16 heavy (non-hydrogen) atoms. The minimum absolute atomic E-state index is 0.720. The molecule has 3 atom stereocenters. The average molecular weight is 226 g/mol. The molecule has 1 aliphatic heterocycles. The topological polar surface area (TPSA) is 15.3 Å². The van der Waals surface area contributed by atoms with Crippen molar-refractivity contribution in [2.45, 2.75) is 65.5 Å². The largest absolute Gasteiger partial charge is 0.311 e. The van der Waals surface area contributed by atoms with Gasteiger partial charge in [-0.2, -0.15) is 0 Å². The van der Waals surface area contributed by atoms with E-state index in [1.165, 1.54) is 45.3 Å². The van der Waals surface area contributed by atoms with E-state index in [4.69, 9.17) is 0 Å². The van der Waals surface area contributed by atoms with E-state index in [2.05, 4.69) is 37.9 Å². The number of unbranched alkanes of at least 4 members (excludes halogenated alkanes) is 1. The zero-order valence-electron chi connectivity index (χ0n) is 11.6. The van der Waals surface area contributed by atoms with Crippen molar-refractivity contribution in [2.75, 3.05) is 19.6 Å². The molecule has 1 N–H and O–H groups in total. The summed E-state index contributed by atoms with van der Waals surface area (Å²) in [4.78, 5) is 2.74. The molecule has 1 rings (SSSR count). The fourth-order valence-corrected chi connectivity index (χ4v) is 2.62. The Morgan fingerprint density at radius 3 is 2.62 bits per heavy atom. The number of nitrogens with one attached hydrogen (secondary N) is 1. The van der Waals surface area contributed by atoms with E-state index in [9.17, 15) is 0 Å². The van der Waals surface area contributed by atoms with Gasteiger partial charge in [-0.3, -0.25) is 4.90 Å². The van der Waals surface area contributed by atoms with Gasteiger partial charge in [-0.05, 0) is 25.3 Å². The third kappa shape index (κ3) is 3.74. The first-order valence-electron chi connectivity index (χ1n) is 7.20. The Morgan fingerprint density at radius 1 is 1.31 bits per heavy atom. The van der Waals surface area contributed by atoms with Gasteiger partial charge in [-0.25, -0.2) is 0 Å². The van der Waals surface area contributed by atoms with Gasteiger partial charge in [0.05, 0.1) is 0 Å². The number of nitrogens with zero attached hydrogens (tertiary/aromatic N) is 1. The van der Waals surface area contributed by atoms with Crippen molar-refractivity contribution in [1.82, 2.24) is 10.2 Å². The Hall–Kier alpha value is -0.0800. The molecule has 1 fully saturated rings. The van der Waals surface area contributed by atoms with Gasteiger partial charge in [0.1, 0.15) is 0 Å². The molecule has 0 saturated carbocycles.